The van der Waals surface area contributed by atoms with E-state index in [1.807, 2.05) is 55.1 Å². The zero-order chi connectivity index (χ0) is 23.1. The SMILES string of the molecule is Cc1ccc2[nH]nc(C(=O)N3CCC[C@H]3c3nc(N(C)C)ncc3-c3cccc(F)c3)c2c1. The average Bonchev–Trinajstić information content (AvgIpc) is 3.45. The van der Waals surface area contributed by atoms with Crippen LogP contribution in [0.25, 0.3) is 22.0 Å². The van der Waals surface area contributed by atoms with E-state index in [0.717, 1.165) is 40.6 Å². The number of H-pyrrole nitrogens is 1. The summed E-state index contributed by atoms with van der Waals surface area (Å²) >= 11 is 0. The molecule has 2 aromatic heterocycles. The van der Waals surface area contributed by atoms with E-state index in [9.17, 15) is 9.18 Å². The molecule has 1 aliphatic rings. The fourth-order valence-corrected chi connectivity index (χ4v) is 4.45. The van der Waals surface area contributed by atoms with Crippen LogP contribution in [0, 0.1) is 12.7 Å². The van der Waals surface area contributed by atoms with Crippen molar-refractivity contribution in [2.24, 2.45) is 0 Å². The predicted molar refractivity (Wildman–Crippen MR) is 126 cm³/mol. The van der Waals surface area contributed by atoms with Crippen molar-refractivity contribution in [3.8, 4) is 11.1 Å². The smallest absolute Gasteiger partial charge is 0.275 e. The maximum Gasteiger partial charge on any atom is 0.275 e. The molecule has 3 heterocycles. The molecular weight excluding hydrogens is 419 g/mol. The van der Waals surface area contributed by atoms with Crippen molar-refractivity contribution in [3.63, 3.8) is 0 Å². The lowest BCUT2D eigenvalue weighted by atomic mass is 9.99. The van der Waals surface area contributed by atoms with Crippen LogP contribution in [-0.4, -0.2) is 51.6 Å². The molecule has 1 amide bonds. The maximum absolute atomic E-state index is 14.0. The largest absolute Gasteiger partial charge is 0.347 e. The molecule has 0 saturated carbocycles. The van der Waals surface area contributed by atoms with Crippen molar-refractivity contribution in [3.05, 3.63) is 71.4 Å². The Labute approximate surface area is 191 Å². The van der Waals surface area contributed by atoms with Gasteiger partial charge in [-0.05, 0) is 49.6 Å². The van der Waals surface area contributed by atoms with Crippen molar-refractivity contribution in [2.75, 3.05) is 25.5 Å². The highest BCUT2D eigenvalue weighted by molar-refractivity contribution is 6.05. The Morgan fingerprint density at radius 1 is 1.21 bits per heavy atom. The second-order valence-corrected chi connectivity index (χ2v) is 8.65. The average molecular weight is 445 g/mol. The van der Waals surface area contributed by atoms with Gasteiger partial charge in [0.15, 0.2) is 5.69 Å². The molecule has 0 aliphatic carbocycles. The first-order valence-corrected chi connectivity index (χ1v) is 11.0. The zero-order valence-electron chi connectivity index (χ0n) is 18.8. The summed E-state index contributed by atoms with van der Waals surface area (Å²) in [6, 6.07) is 12.0. The van der Waals surface area contributed by atoms with Crippen LogP contribution in [0.5, 0.6) is 0 Å². The molecule has 4 aromatic rings. The van der Waals surface area contributed by atoms with Gasteiger partial charge in [-0.15, -0.1) is 0 Å². The quantitative estimate of drug-likeness (QED) is 0.501. The number of amides is 1. The number of nitrogens with zero attached hydrogens (tertiary/aromatic N) is 5. The summed E-state index contributed by atoms with van der Waals surface area (Å²) in [7, 11) is 3.74. The molecule has 1 fully saturated rings. The van der Waals surface area contributed by atoms with Gasteiger partial charge in [0.1, 0.15) is 5.82 Å². The van der Waals surface area contributed by atoms with E-state index < -0.39 is 0 Å². The molecule has 2 aromatic carbocycles. The first-order valence-electron chi connectivity index (χ1n) is 11.0. The van der Waals surface area contributed by atoms with E-state index in [0.29, 0.717) is 23.8 Å². The number of anilines is 1. The molecule has 1 N–H and O–H groups in total. The molecule has 0 radical (unpaired) electrons. The number of carbonyl (C=O) groups excluding carboxylic acids is 1. The van der Waals surface area contributed by atoms with Crippen LogP contribution in [-0.2, 0) is 0 Å². The lowest BCUT2D eigenvalue weighted by molar-refractivity contribution is 0.0729. The number of rotatable bonds is 4. The molecule has 5 rings (SSSR count). The number of aromatic nitrogens is 4. The Bertz CT molecular complexity index is 1350. The van der Waals surface area contributed by atoms with Gasteiger partial charge in [0.2, 0.25) is 5.95 Å². The minimum Gasteiger partial charge on any atom is -0.347 e. The van der Waals surface area contributed by atoms with E-state index in [2.05, 4.69) is 15.2 Å². The molecule has 0 unspecified atom stereocenters. The molecule has 0 spiro atoms. The normalized spacial score (nSPS) is 15.9. The van der Waals surface area contributed by atoms with E-state index in [1.165, 1.54) is 12.1 Å². The molecule has 1 atom stereocenters. The van der Waals surface area contributed by atoms with Crippen LogP contribution in [0.15, 0.2) is 48.7 Å². The van der Waals surface area contributed by atoms with Gasteiger partial charge in [0.05, 0.1) is 17.3 Å². The first-order chi connectivity index (χ1) is 15.9. The van der Waals surface area contributed by atoms with Crippen molar-refractivity contribution >= 4 is 22.8 Å². The minimum atomic E-state index is -0.326. The summed E-state index contributed by atoms with van der Waals surface area (Å²) in [5.41, 5.74) is 4.45. The van der Waals surface area contributed by atoms with Crippen molar-refractivity contribution in [1.82, 2.24) is 25.1 Å². The highest BCUT2D eigenvalue weighted by atomic mass is 19.1. The highest BCUT2D eigenvalue weighted by Crippen LogP contribution is 2.38. The van der Waals surface area contributed by atoms with Crippen molar-refractivity contribution < 1.29 is 9.18 Å². The summed E-state index contributed by atoms with van der Waals surface area (Å²) < 4.78 is 14.0. The van der Waals surface area contributed by atoms with E-state index >= 15 is 0 Å². The monoisotopic (exact) mass is 444 g/mol. The number of hydrogen-bond donors (Lipinski definition) is 1. The van der Waals surface area contributed by atoms with Gasteiger partial charge in [-0.2, -0.15) is 5.10 Å². The van der Waals surface area contributed by atoms with Crippen LogP contribution in [0.2, 0.25) is 0 Å². The number of likely N-dealkylation sites (tertiary alicyclic amines) is 1. The lowest BCUT2D eigenvalue weighted by Gasteiger charge is -2.26. The van der Waals surface area contributed by atoms with Crippen LogP contribution in [0.3, 0.4) is 0 Å². The van der Waals surface area contributed by atoms with Gasteiger partial charge in [-0.3, -0.25) is 9.89 Å². The Hall–Kier alpha value is -3.81. The second kappa shape index (κ2) is 8.27. The molecule has 0 bridgehead atoms. The number of halogens is 1. The number of hydrogen-bond acceptors (Lipinski definition) is 5. The Morgan fingerprint density at radius 2 is 2.06 bits per heavy atom. The fourth-order valence-electron chi connectivity index (χ4n) is 4.45. The fraction of sp³-hybridized carbons (Fsp3) is 0.280. The second-order valence-electron chi connectivity index (χ2n) is 8.65. The number of benzene rings is 2. The zero-order valence-corrected chi connectivity index (χ0v) is 18.8. The van der Waals surface area contributed by atoms with E-state index in [1.54, 1.807) is 12.3 Å². The maximum atomic E-state index is 14.0. The molecule has 8 heteroatoms. The number of nitrogens with one attached hydrogen (secondary N) is 1. The first kappa shape index (κ1) is 21.1. The third kappa shape index (κ3) is 3.82. The standard InChI is InChI=1S/C25H25FN6O/c1-15-9-10-20-18(12-15)23(30-29-20)24(33)32-11-5-8-21(32)22-19(14-27-25(28-22)31(2)3)16-6-4-7-17(26)13-16/h4,6-7,9-10,12-14,21H,5,8,11H2,1-3H3,(H,29,30)/t21-/m0/s1. The molecular formula is C25H25FN6O. The minimum absolute atomic E-state index is 0.135. The van der Waals surface area contributed by atoms with Crippen LogP contribution < -0.4 is 4.90 Å². The predicted octanol–water partition coefficient (Wildman–Crippen LogP) is 4.51. The molecule has 33 heavy (non-hydrogen) atoms. The number of carbonyl (C=O) groups is 1. The molecule has 1 saturated heterocycles. The number of aryl methyl sites for hydroxylation is 1. The number of aromatic amines is 1. The summed E-state index contributed by atoms with van der Waals surface area (Å²) in [6.45, 7) is 2.60. The highest BCUT2D eigenvalue weighted by Gasteiger charge is 2.35. The third-order valence-corrected chi connectivity index (χ3v) is 6.09. The van der Waals surface area contributed by atoms with E-state index in [-0.39, 0.29) is 17.8 Å². The van der Waals surface area contributed by atoms with Gasteiger partial charge in [-0.25, -0.2) is 14.4 Å². The summed E-state index contributed by atoms with van der Waals surface area (Å²) in [5.74, 6) is 0.0858. The molecule has 168 valence electrons. The van der Waals surface area contributed by atoms with Gasteiger partial charge < -0.3 is 9.80 Å². The lowest BCUT2D eigenvalue weighted by Crippen LogP contribution is -2.32. The Kier molecular flexibility index (Phi) is 5.28. The summed E-state index contributed by atoms with van der Waals surface area (Å²) in [4.78, 5) is 26.6. The van der Waals surface area contributed by atoms with Gasteiger partial charge in [0, 0.05) is 37.8 Å². The number of fused-ring (bicyclic) bond motifs is 1. The van der Waals surface area contributed by atoms with Crippen molar-refractivity contribution in [1.29, 1.82) is 0 Å². The van der Waals surface area contributed by atoms with Crippen LogP contribution in [0.4, 0.5) is 10.3 Å². The van der Waals surface area contributed by atoms with Gasteiger partial charge in [-0.1, -0.05) is 23.8 Å². The summed E-state index contributed by atoms with van der Waals surface area (Å²) in [6.07, 6.45) is 3.34. The van der Waals surface area contributed by atoms with Gasteiger partial charge in [0.25, 0.3) is 5.91 Å². The molecule has 7 nitrogen and oxygen atoms in total. The van der Waals surface area contributed by atoms with Gasteiger partial charge >= 0.3 is 0 Å². The van der Waals surface area contributed by atoms with Crippen LogP contribution in [0.1, 0.15) is 40.6 Å². The summed E-state index contributed by atoms with van der Waals surface area (Å²) in [5, 5.41) is 8.12. The topological polar surface area (TPSA) is 78.0 Å². The van der Waals surface area contributed by atoms with Crippen molar-refractivity contribution in [2.45, 2.75) is 25.8 Å². The molecule has 1 aliphatic heterocycles. The Morgan fingerprint density at radius 3 is 2.85 bits per heavy atom. The third-order valence-electron chi connectivity index (χ3n) is 6.09. The van der Waals surface area contributed by atoms with Crippen LogP contribution >= 0.6 is 0 Å². The Balaban J connectivity index is 1.59. The van der Waals surface area contributed by atoms with E-state index in [4.69, 9.17) is 4.98 Å².